The van der Waals surface area contributed by atoms with Gasteiger partial charge in [-0.3, -0.25) is 14.4 Å². The Bertz CT molecular complexity index is 639. The lowest BCUT2D eigenvalue weighted by Crippen LogP contribution is -2.51. The lowest BCUT2D eigenvalue weighted by molar-refractivity contribution is -0.135. The number of halogens is 1. The maximum absolute atomic E-state index is 12.9. The third kappa shape index (κ3) is 3.72. The van der Waals surface area contributed by atoms with Crippen LogP contribution in [0.15, 0.2) is 24.3 Å². The predicted octanol–water partition coefficient (Wildman–Crippen LogP) is 0.825. The van der Waals surface area contributed by atoms with E-state index in [1.165, 1.54) is 24.3 Å². The number of nitrogens with zero attached hydrogens (tertiary/aromatic N) is 1. The largest absolute Gasteiger partial charge is 0.349 e. The quantitative estimate of drug-likeness (QED) is 0.860. The number of rotatable bonds is 3. The first-order valence-electron chi connectivity index (χ1n) is 8.17. The Kier molecular flexibility index (Phi) is 4.78. The summed E-state index contributed by atoms with van der Waals surface area (Å²) in [6.07, 6.45) is 2.29. The summed E-state index contributed by atoms with van der Waals surface area (Å²) in [6.45, 7) is 1.11. The normalized spacial score (nSPS) is 21.5. The molecule has 24 heavy (non-hydrogen) atoms. The summed E-state index contributed by atoms with van der Waals surface area (Å²) < 4.78 is 12.9. The smallest absolute Gasteiger partial charge is 0.251 e. The number of nitrogens with one attached hydrogen (secondary N) is 2. The molecule has 7 heteroatoms. The molecule has 1 aromatic carbocycles. The summed E-state index contributed by atoms with van der Waals surface area (Å²) in [5, 5.41) is 5.61. The maximum Gasteiger partial charge on any atom is 0.251 e. The minimum Gasteiger partial charge on any atom is -0.349 e. The lowest BCUT2D eigenvalue weighted by Gasteiger charge is -2.33. The van der Waals surface area contributed by atoms with E-state index in [4.69, 9.17) is 0 Å². The van der Waals surface area contributed by atoms with E-state index in [9.17, 15) is 18.8 Å². The summed E-state index contributed by atoms with van der Waals surface area (Å²) in [5.74, 6) is -0.723. The van der Waals surface area contributed by atoms with Crippen molar-refractivity contribution in [1.82, 2.24) is 15.5 Å². The van der Waals surface area contributed by atoms with Crippen LogP contribution in [0.25, 0.3) is 0 Å². The van der Waals surface area contributed by atoms with Gasteiger partial charge in [0, 0.05) is 31.1 Å². The summed E-state index contributed by atoms with van der Waals surface area (Å²) in [4.78, 5) is 37.4. The fourth-order valence-corrected chi connectivity index (χ4v) is 3.13. The topological polar surface area (TPSA) is 78.5 Å². The molecule has 1 unspecified atom stereocenters. The van der Waals surface area contributed by atoms with Crippen molar-refractivity contribution in [1.29, 1.82) is 0 Å². The number of hydrogen-bond acceptors (Lipinski definition) is 3. The Morgan fingerprint density at radius 3 is 2.38 bits per heavy atom. The Morgan fingerprint density at radius 1 is 1.12 bits per heavy atom. The number of benzene rings is 1. The van der Waals surface area contributed by atoms with Crippen LogP contribution in [0.4, 0.5) is 4.39 Å². The van der Waals surface area contributed by atoms with Crippen molar-refractivity contribution < 1.29 is 18.8 Å². The molecule has 2 aliphatic heterocycles. The molecule has 2 N–H and O–H groups in total. The Balaban J connectivity index is 1.48. The van der Waals surface area contributed by atoms with Gasteiger partial charge in [0.2, 0.25) is 11.8 Å². The standard InChI is InChI=1S/C17H20FN3O3/c18-12-3-1-11(2-4-12)16(23)19-13-7-9-21(10-8-13)17(24)14-5-6-15(22)20-14/h1-4,13-14H,5-10H2,(H,19,23)(H,20,22). The minimum atomic E-state index is -0.400. The first-order valence-corrected chi connectivity index (χ1v) is 8.17. The van der Waals surface area contributed by atoms with Crippen LogP contribution in [0.2, 0.25) is 0 Å². The number of amides is 3. The number of carbonyl (C=O) groups is 3. The van der Waals surface area contributed by atoms with E-state index < -0.39 is 6.04 Å². The van der Waals surface area contributed by atoms with Crippen LogP contribution in [-0.2, 0) is 9.59 Å². The van der Waals surface area contributed by atoms with Gasteiger partial charge in [0.15, 0.2) is 0 Å². The van der Waals surface area contributed by atoms with Gasteiger partial charge >= 0.3 is 0 Å². The van der Waals surface area contributed by atoms with Gasteiger partial charge in [0.25, 0.3) is 5.91 Å². The molecule has 2 saturated heterocycles. The maximum atomic E-state index is 12.9. The molecular weight excluding hydrogens is 313 g/mol. The van der Waals surface area contributed by atoms with E-state index >= 15 is 0 Å². The molecular formula is C17H20FN3O3. The third-order valence-electron chi connectivity index (χ3n) is 4.54. The zero-order valence-corrected chi connectivity index (χ0v) is 13.3. The molecule has 2 aliphatic rings. The highest BCUT2D eigenvalue weighted by Crippen LogP contribution is 2.16. The molecule has 3 rings (SSSR count). The highest BCUT2D eigenvalue weighted by Gasteiger charge is 2.32. The predicted molar refractivity (Wildman–Crippen MR) is 84.6 cm³/mol. The van der Waals surface area contributed by atoms with Gasteiger partial charge in [-0.2, -0.15) is 0 Å². The van der Waals surface area contributed by atoms with E-state index in [1.54, 1.807) is 4.90 Å². The van der Waals surface area contributed by atoms with Crippen LogP contribution < -0.4 is 10.6 Å². The Morgan fingerprint density at radius 2 is 1.79 bits per heavy atom. The molecule has 0 radical (unpaired) electrons. The minimum absolute atomic E-state index is 0.00947. The highest BCUT2D eigenvalue weighted by atomic mass is 19.1. The summed E-state index contributed by atoms with van der Waals surface area (Å²) >= 11 is 0. The second kappa shape index (κ2) is 6.98. The lowest BCUT2D eigenvalue weighted by atomic mass is 10.0. The van der Waals surface area contributed by atoms with Crippen molar-refractivity contribution in [2.45, 2.75) is 37.8 Å². The third-order valence-corrected chi connectivity index (χ3v) is 4.54. The average Bonchev–Trinajstić information content (AvgIpc) is 3.02. The summed E-state index contributed by atoms with van der Waals surface area (Å²) in [7, 11) is 0. The van der Waals surface area contributed by atoms with Crippen molar-refractivity contribution in [2.75, 3.05) is 13.1 Å². The number of carbonyl (C=O) groups excluding carboxylic acids is 3. The summed E-state index contributed by atoms with van der Waals surface area (Å²) in [6, 6.07) is 5.00. The number of hydrogen-bond donors (Lipinski definition) is 2. The molecule has 2 fully saturated rings. The molecule has 3 amide bonds. The molecule has 0 aliphatic carbocycles. The van der Waals surface area contributed by atoms with Gasteiger partial charge in [-0.1, -0.05) is 0 Å². The highest BCUT2D eigenvalue weighted by molar-refractivity contribution is 5.94. The van der Waals surface area contributed by atoms with Crippen LogP contribution >= 0.6 is 0 Å². The average molecular weight is 333 g/mol. The Labute approximate surface area is 139 Å². The van der Waals surface area contributed by atoms with Crippen LogP contribution in [0.1, 0.15) is 36.0 Å². The second-order valence-corrected chi connectivity index (χ2v) is 6.24. The van der Waals surface area contributed by atoms with Gasteiger partial charge in [-0.15, -0.1) is 0 Å². The molecule has 1 atom stereocenters. The molecule has 6 nitrogen and oxygen atoms in total. The van der Waals surface area contributed by atoms with E-state index in [-0.39, 0.29) is 29.6 Å². The van der Waals surface area contributed by atoms with Gasteiger partial charge in [0.05, 0.1) is 0 Å². The van der Waals surface area contributed by atoms with E-state index in [0.717, 1.165) is 0 Å². The molecule has 128 valence electrons. The fraction of sp³-hybridized carbons (Fsp3) is 0.471. The van der Waals surface area contributed by atoms with Crippen molar-refractivity contribution >= 4 is 17.7 Å². The first-order chi connectivity index (χ1) is 11.5. The zero-order valence-electron chi connectivity index (χ0n) is 13.3. The van der Waals surface area contributed by atoms with E-state index in [1.807, 2.05) is 0 Å². The molecule has 2 heterocycles. The molecule has 0 spiro atoms. The SMILES string of the molecule is O=C1CCC(C(=O)N2CCC(NC(=O)c3ccc(F)cc3)CC2)N1. The van der Waals surface area contributed by atoms with Crippen molar-refractivity contribution in [3.8, 4) is 0 Å². The van der Waals surface area contributed by atoms with Crippen LogP contribution in [0, 0.1) is 5.82 Å². The van der Waals surface area contributed by atoms with Crippen LogP contribution in [0.5, 0.6) is 0 Å². The van der Waals surface area contributed by atoms with E-state index in [0.29, 0.717) is 44.3 Å². The van der Waals surface area contributed by atoms with Crippen molar-refractivity contribution in [3.63, 3.8) is 0 Å². The summed E-state index contributed by atoms with van der Waals surface area (Å²) in [5.41, 5.74) is 0.420. The van der Waals surface area contributed by atoms with E-state index in [2.05, 4.69) is 10.6 Å². The van der Waals surface area contributed by atoms with Crippen LogP contribution in [-0.4, -0.2) is 47.8 Å². The zero-order chi connectivity index (χ0) is 17.1. The first kappa shape index (κ1) is 16.4. The van der Waals surface area contributed by atoms with Crippen LogP contribution in [0.3, 0.4) is 0 Å². The number of piperidine rings is 1. The Hall–Kier alpha value is -2.44. The van der Waals surface area contributed by atoms with Gasteiger partial charge < -0.3 is 15.5 Å². The van der Waals surface area contributed by atoms with Gasteiger partial charge in [0.1, 0.15) is 11.9 Å². The van der Waals surface area contributed by atoms with Crippen molar-refractivity contribution in [2.24, 2.45) is 0 Å². The second-order valence-electron chi connectivity index (χ2n) is 6.24. The van der Waals surface area contributed by atoms with Gasteiger partial charge in [-0.05, 0) is 43.5 Å². The van der Waals surface area contributed by atoms with Crippen molar-refractivity contribution in [3.05, 3.63) is 35.6 Å². The molecule has 0 saturated carbocycles. The van der Waals surface area contributed by atoms with Gasteiger partial charge in [-0.25, -0.2) is 4.39 Å². The fourth-order valence-electron chi connectivity index (χ4n) is 3.13. The molecule has 0 bridgehead atoms. The molecule has 0 aromatic heterocycles. The monoisotopic (exact) mass is 333 g/mol. The number of likely N-dealkylation sites (tertiary alicyclic amines) is 1. The molecule has 1 aromatic rings.